The number of hydrogen-bond donors (Lipinski definition) is 1. The molecule has 1 aromatic carbocycles. The molecular weight excluding hydrogens is 316 g/mol. The molecule has 0 bridgehead atoms. The Morgan fingerprint density at radius 1 is 1.24 bits per heavy atom. The Bertz CT molecular complexity index is 898. The molecular formula is C19H18N4O2. The van der Waals surface area contributed by atoms with Gasteiger partial charge < -0.3 is 9.84 Å². The summed E-state index contributed by atoms with van der Waals surface area (Å²) in [4.78, 5) is 21.1. The molecule has 3 aromatic rings. The molecule has 2 heterocycles. The summed E-state index contributed by atoms with van der Waals surface area (Å²) in [6.45, 7) is 1.95. The first-order chi connectivity index (χ1) is 12.2. The first-order valence-corrected chi connectivity index (χ1v) is 8.37. The molecule has 1 fully saturated rings. The van der Waals surface area contributed by atoms with E-state index >= 15 is 0 Å². The standard InChI is InChI=1S/C19H18N4O2/c1-12-8-9-16(20-11-12)21-18(24)15-7-3-6-14(10-15)17-22-19(25-23-17)13-4-2-5-13/h3,6-11,13H,2,4-5H2,1H3,(H,20,21,24). The molecule has 6 nitrogen and oxygen atoms in total. The van der Waals surface area contributed by atoms with Crippen LogP contribution in [0.3, 0.4) is 0 Å². The molecule has 0 aliphatic heterocycles. The second-order valence-electron chi connectivity index (χ2n) is 6.34. The molecule has 0 saturated heterocycles. The van der Waals surface area contributed by atoms with Crippen molar-refractivity contribution in [1.82, 2.24) is 15.1 Å². The lowest BCUT2D eigenvalue weighted by Gasteiger charge is -2.20. The van der Waals surface area contributed by atoms with Gasteiger partial charge in [0.15, 0.2) is 0 Å². The second kappa shape index (κ2) is 6.47. The second-order valence-corrected chi connectivity index (χ2v) is 6.34. The lowest BCUT2D eigenvalue weighted by Crippen LogP contribution is -2.13. The molecule has 1 amide bonds. The maximum absolute atomic E-state index is 12.4. The number of amides is 1. The first-order valence-electron chi connectivity index (χ1n) is 8.37. The quantitative estimate of drug-likeness (QED) is 0.781. The zero-order valence-electron chi connectivity index (χ0n) is 13.9. The fourth-order valence-electron chi connectivity index (χ4n) is 2.70. The van der Waals surface area contributed by atoms with Gasteiger partial charge in [-0.25, -0.2) is 4.98 Å². The Labute approximate surface area is 145 Å². The van der Waals surface area contributed by atoms with Crippen LogP contribution in [0.15, 0.2) is 47.1 Å². The SMILES string of the molecule is Cc1ccc(NC(=O)c2cccc(-c3noc(C4CCC4)n3)c2)nc1. The van der Waals surface area contributed by atoms with Crippen LogP contribution < -0.4 is 5.32 Å². The van der Waals surface area contributed by atoms with Crippen molar-refractivity contribution in [3.05, 3.63) is 59.6 Å². The van der Waals surface area contributed by atoms with E-state index in [2.05, 4.69) is 20.4 Å². The molecule has 0 atom stereocenters. The summed E-state index contributed by atoms with van der Waals surface area (Å²) in [5, 5.41) is 6.84. The van der Waals surface area contributed by atoms with E-state index in [4.69, 9.17) is 4.52 Å². The molecule has 1 aliphatic rings. The highest BCUT2D eigenvalue weighted by molar-refractivity contribution is 6.04. The van der Waals surface area contributed by atoms with Gasteiger partial charge in [0.05, 0.1) is 0 Å². The van der Waals surface area contributed by atoms with Gasteiger partial charge in [-0.15, -0.1) is 0 Å². The zero-order chi connectivity index (χ0) is 17.2. The van der Waals surface area contributed by atoms with Gasteiger partial charge in [0, 0.05) is 23.2 Å². The number of anilines is 1. The number of nitrogens with one attached hydrogen (secondary N) is 1. The number of carbonyl (C=O) groups excluding carboxylic acids is 1. The summed E-state index contributed by atoms with van der Waals surface area (Å²) in [6, 6.07) is 10.9. The van der Waals surface area contributed by atoms with Crippen molar-refractivity contribution in [1.29, 1.82) is 0 Å². The van der Waals surface area contributed by atoms with Crippen molar-refractivity contribution < 1.29 is 9.32 Å². The van der Waals surface area contributed by atoms with Crippen LogP contribution in [-0.2, 0) is 0 Å². The van der Waals surface area contributed by atoms with Gasteiger partial charge in [0.2, 0.25) is 11.7 Å². The lowest BCUT2D eigenvalue weighted by atomic mass is 9.85. The maximum Gasteiger partial charge on any atom is 0.256 e. The smallest absolute Gasteiger partial charge is 0.256 e. The Balaban J connectivity index is 1.53. The van der Waals surface area contributed by atoms with Crippen molar-refractivity contribution in [2.45, 2.75) is 32.1 Å². The minimum absolute atomic E-state index is 0.221. The van der Waals surface area contributed by atoms with Crippen LogP contribution in [0.2, 0.25) is 0 Å². The normalized spacial score (nSPS) is 14.1. The van der Waals surface area contributed by atoms with E-state index in [9.17, 15) is 4.79 Å². The predicted octanol–water partition coefficient (Wildman–Crippen LogP) is 3.96. The fraction of sp³-hybridized carbons (Fsp3) is 0.263. The van der Waals surface area contributed by atoms with E-state index in [0.29, 0.717) is 29.0 Å². The Morgan fingerprint density at radius 3 is 2.84 bits per heavy atom. The minimum atomic E-state index is -0.221. The molecule has 0 unspecified atom stereocenters. The number of aromatic nitrogens is 3. The average Bonchev–Trinajstić information content (AvgIpc) is 3.05. The van der Waals surface area contributed by atoms with Crippen LogP contribution in [0.5, 0.6) is 0 Å². The van der Waals surface area contributed by atoms with Gasteiger partial charge in [-0.05, 0) is 43.5 Å². The summed E-state index contributed by atoms with van der Waals surface area (Å²) >= 11 is 0. The van der Waals surface area contributed by atoms with E-state index in [1.165, 1.54) is 6.42 Å². The Kier molecular flexibility index (Phi) is 4.01. The molecule has 2 aromatic heterocycles. The van der Waals surface area contributed by atoms with Crippen molar-refractivity contribution in [3.8, 4) is 11.4 Å². The van der Waals surface area contributed by atoms with Gasteiger partial charge in [0.25, 0.3) is 5.91 Å². The molecule has 6 heteroatoms. The van der Waals surface area contributed by atoms with Crippen LogP contribution in [0.25, 0.3) is 11.4 Å². The molecule has 0 spiro atoms. The summed E-state index contributed by atoms with van der Waals surface area (Å²) in [5.74, 6) is 1.90. The van der Waals surface area contributed by atoms with E-state index in [1.807, 2.05) is 25.1 Å². The summed E-state index contributed by atoms with van der Waals surface area (Å²) in [7, 11) is 0. The Hall–Kier alpha value is -3.02. The van der Waals surface area contributed by atoms with Crippen LogP contribution in [0.4, 0.5) is 5.82 Å². The summed E-state index contributed by atoms with van der Waals surface area (Å²) < 4.78 is 5.36. The van der Waals surface area contributed by atoms with E-state index < -0.39 is 0 Å². The monoisotopic (exact) mass is 334 g/mol. The zero-order valence-corrected chi connectivity index (χ0v) is 13.9. The topological polar surface area (TPSA) is 80.9 Å². The highest BCUT2D eigenvalue weighted by Crippen LogP contribution is 2.36. The largest absolute Gasteiger partial charge is 0.339 e. The van der Waals surface area contributed by atoms with Gasteiger partial charge in [-0.1, -0.05) is 29.8 Å². The first kappa shape index (κ1) is 15.5. The van der Waals surface area contributed by atoms with E-state index in [-0.39, 0.29) is 5.91 Å². The highest BCUT2D eigenvalue weighted by atomic mass is 16.5. The summed E-state index contributed by atoms with van der Waals surface area (Å²) in [6.07, 6.45) is 5.14. The van der Waals surface area contributed by atoms with Crippen molar-refractivity contribution in [2.24, 2.45) is 0 Å². The Morgan fingerprint density at radius 2 is 2.12 bits per heavy atom. The van der Waals surface area contributed by atoms with Crippen molar-refractivity contribution in [3.63, 3.8) is 0 Å². The number of rotatable bonds is 4. The third kappa shape index (κ3) is 3.28. The predicted molar refractivity (Wildman–Crippen MR) is 93.3 cm³/mol. The fourth-order valence-corrected chi connectivity index (χ4v) is 2.70. The van der Waals surface area contributed by atoms with Crippen LogP contribution in [0.1, 0.15) is 47.0 Å². The molecule has 1 aliphatic carbocycles. The number of hydrogen-bond acceptors (Lipinski definition) is 5. The van der Waals surface area contributed by atoms with Crippen LogP contribution >= 0.6 is 0 Å². The van der Waals surface area contributed by atoms with Crippen molar-refractivity contribution >= 4 is 11.7 Å². The van der Waals surface area contributed by atoms with Gasteiger partial charge in [-0.2, -0.15) is 4.98 Å². The molecule has 25 heavy (non-hydrogen) atoms. The van der Waals surface area contributed by atoms with Crippen LogP contribution in [-0.4, -0.2) is 21.0 Å². The highest BCUT2D eigenvalue weighted by Gasteiger charge is 2.25. The number of pyridine rings is 1. The van der Waals surface area contributed by atoms with Crippen molar-refractivity contribution in [2.75, 3.05) is 5.32 Å². The third-order valence-corrected chi connectivity index (χ3v) is 4.43. The van der Waals surface area contributed by atoms with E-state index in [0.717, 1.165) is 24.0 Å². The van der Waals surface area contributed by atoms with Gasteiger partial charge in [0.1, 0.15) is 5.82 Å². The number of benzene rings is 1. The number of aryl methyl sites for hydroxylation is 1. The lowest BCUT2D eigenvalue weighted by molar-refractivity contribution is 0.102. The maximum atomic E-state index is 12.4. The molecule has 1 N–H and O–H groups in total. The number of nitrogens with zero attached hydrogens (tertiary/aromatic N) is 3. The molecule has 126 valence electrons. The average molecular weight is 334 g/mol. The molecule has 0 radical (unpaired) electrons. The minimum Gasteiger partial charge on any atom is -0.339 e. The summed E-state index contributed by atoms with van der Waals surface area (Å²) in [5.41, 5.74) is 2.33. The third-order valence-electron chi connectivity index (χ3n) is 4.43. The number of carbonyl (C=O) groups is 1. The molecule has 1 saturated carbocycles. The van der Waals surface area contributed by atoms with Crippen LogP contribution in [0, 0.1) is 6.92 Å². The van der Waals surface area contributed by atoms with E-state index in [1.54, 1.807) is 24.4 Å². The molecule has 4 rings (SSSR count). The van der Waals surface area contributed by atoms with Gasteiger partial charge >= 0.3 is 0 Å². The van der Waals surface area contributed by atoms with Gasteiger partial charge in [-0.3, -0.25) is 4.79 Å².